The lowest BCUT2D eigenvalue weighted by atomic mass is 9.78. The summed E-state index contributed by atoms with van der Waals surface area (Å²) >= 11 is 0. The van der Waals surface area contributed by atoms with Gasteiger partial charge in [0.25, 0.3) is 5.91 Å². The number of carbonyl (C=O) groups excluding carboxylic acids is 1. The average molecular weight is 375 g/mol. The molecule has 2 N–H and O–H groups in total. The van der Waals surface area contributed by atoms with Crippen molar-refractivity contribution in [3.8, 4) is 0 Å². The Morgan fingerprint density at radius 2 is 1.73 bits per heavy atom. The van der Waals surface area contributed by atoms with Crippen LogP contribution in [0.2, 0.25) is 0 Å². The van der Waals surface area contributed by atoms with E-state index in [-0.39, 0.29) is 23.4 Å². The molecule has 138 valence electrons. The first-order valence-corrected chi connectivity index (χ1v) is 9.97. The molecule has 0 bridgehead atoms. The van der Waals surface area contributed by atoms with Gasteiger partial charge in [0.1, 0.15) is 5.41 Å². The zero-order valence-electron chi connectivity index (χ0n) is 14.6. The van der Waals surface area contributed by atoms with E-state index in [0.717, 1.165) is 6.26 Å². The smallest absolute Gasteiger partial charge is 0.315 e. The van der Waals surface area contributed by atoms with Crippen LogP contribution in [0, 0.1) is 0 Å². The highest BCUT2D eigenvalue weighted by Gasteiger charge is 2.39. The molecule has 0 radical (unpaired) electrons. The van der Waals surface area contributed by atoms with Crippen molar-refractivity contribution in [3.05, 3.63) is 65.7 Å². The minimum Gasteiger partial charge on any atom is -0.481 e. The van der Waals surface area contributed by atoms with E-state index < -0.39 is 27.1 Å². The standard InChI is InChI=1S/C19H21NO5S/c1-3-19(18(22)23,15-9-5-4-6-10-15)13-20-17(21)14-8-7-11-16(12-14)26(2,24)25/h4-12H,3,13H2,1-2H3,(H,20,21)(H,22,23). The topological polar surface area (TPSA) is 101 Å². The summed E-state index contributed by atoms with van der Waals surface area (Å²) in [4.78, 5) is 24.4. The van der Waals surface area contributed by atoms with Gasteiger partial charge in [-0.2, -0.15) is 0 Å². The molecule has 0 aromatic heterocycles. The second kappa shape index (κ2) is 7.70. The Morgan fingerprint density at radius 1 is 1.08 bits per heavy atom. The first-order chi connectivity index (χ1) is 12.2. The molecule has 2 aromatic carbocycles. The molecule has 2 aromatic rings. The van der Waals surface area contributed by atoms with Gasteiger partial charge in [-0.15, -0.1) is 0 Å². The molecule has 1 atom stereocenters. The van der Waals surface area contributed by atoms with Crippen molar-refractivity contribution in [2.45, 2.75) is 23.7 Å². The fourth-order valence-electron chi connectivity index (χ4n) is 2.74. The number of hydrogen-bond acceptors (Lipinski definition) is 4. The highest BCUT2D eigenvalue weighted by atomic mass is 32.2. The van der Waals surface area contributed by atoms with E-state index in [9.17, 15) is 23.1 Å². The van der Waals surface area contributed by atoms with Gasteiger partial charge in [0.2, 0.25) is 0 Å². The number of carbonyl (C=O) groups is 2. The third-order valence-electron chi connectivity index (χ3n) is 4.41. The summed E-state index contributed by atoms with van der Waals surface area (Å²) in [6.07, 6.45) is 1.35. The lowest BCUT2D eigenvalue weighted by Crippen LogP contribution is -2.46. The lowest BCUT2D eigenvalue weighted by molar-refractivity contribution is -0.143. The molecule has 7 heteroatoms. The predicted molar refractivity (Wildman–Crippen MR) is 97.9 cm³/mol. The van der Waals surface area contributed by atoms with Crippen LogP contribution < -0.4 is 5.32 Å². The maximum atomic E-state index is 12.4. The van der Waals surface area contributed by atoms with Gasteiger partial charge in [0.15, 0.2) is 9.84 Å². The molecule has 2 rings (SSSR count). The minimum atomic E-state index is -3.44. The molecule has 0 aliphatic heterocycles. The van der Waals surface area contributed by atoms with Crippen LogP contribution in [-0.4, -0.2) is 38.2 Å². The van der Waals surface area contributed by atoms with Crippen molar-refractivity contribution in [1.82, 2.24) is 5.32 Å². The molecule has 26 heavy (non-hydrogen) atoms. The van der Waals surface area contributed by atoms with Crippen molar-refractivity contribution in [2.75, 3.05) is 12.8 Å². The Kier molecular flexibility index (Phi) is 5.82. The van der Waals surface area contributed by atoms with Crippen molar-refractivity contribution >= 4 is 21.7 Å². The van der Waals surface area contributed by atoms with Crippen molar-refractivity contribution in [3.63, 3.8) is 0 Å². The number of amides is 1. The summed E-state index contributed by atoms with van der Waals surface area (Å²) in [5.74, 6) is -1.55. The predicted octanol–water partition coefficient (Wildman–Crippen LogP) is 2.25. The van der Waals surface area contributed by atoms with Gasteiger partial charge < -0.3 is 10.4 Å². The number of hydrogen-bond donors (Lipinski definition) is 2. The van der Waals surface area contributed by atoms with E-state index in [2.05, 4.69) is 5.32 Å². The molecule has 0 saturated heterocycles. The molecule has 0 heterocycles. The van der Waals surface area contributed by atoms with Crippen molar-refractivity contribution in [1.29, 1.82) is 0 Å². The third-order valence-corrected chi connectivity index (χ3v) is 5.52. The summed E-state index contributed by atoms with van der Waals surface area (Å²) in [5.41, 5.74) is -0.498. The van der Waals surface area contributed by atoms with Crippen LogP contribution >= 0.6 is 0 Å². The molecular formula is C19H21NO5S. The van der Waals surface area contributed by atoms with Crippen molar-refractivity contribution < 1.29 is 23.1 Å². The van der Waals surface area contributed by atoms with Gasteiger partial charge in [0.05, 0.1) is 4.90 Å². The first kappa shape index (κ1) is 19.7. The molecule has 1 unspecified atom stereocenters. The number of rotatable bonds is 7. The van der Waals surface area contributed by atoms with Crippen LogP contribution in [0.5, 0.6) is 0 Å². The Labute approximate surface area is 152 Å². The summed E-state index contributed by atoms with van der Waals surface area (Å²) in [6.45, 7) is 1.64. The second-order valence-corrected chi connectivity index (χ2v) is 8.11. The largest absolute Gasteiger partial charge is 0.481 e. The van der Waals surface area contributed by atoms with Gasteiger partial charge in [-0.3, -0.25) is 9.59 Å². The van der Waals surface area contributed by atoms with Gasteiger partial charge in [-0.1, -0.05) is 43.3 Å². The molecule has 1 amide bonds. The first-order valence-electron chi connectivity index (χ1n) is 8.08. The monoisotopic (exact) mass is 375 g/mol. The van der Waals surface area contributed by atoms with Gasteiger partial charge >= 0.3 is 5.97 Å². The average Bonchev–Trinajstić information content (AvgIpc) is 2.62. The molecule has 0 saturated carbocycles. The van der Waals surface area contributed by atoms with Crippen LogP contribution in [0.4, 0.5) is 0 Å². The Morgan fingerprint density at radius 3 is 2.27 bits per heavy atom. The molecule has 6 nitrogen and oxygen atoms in total. The summed E-state index contributed by atoms with van der Waals surface area (Å²) < 4.78 is 23.3. The minimum absolute atomic E-state index is 0.0354. The van der Waals surface area contributed by atoms with E-state index in [4.69, 9.17) is 0 Å². The number of carboxylic acid groups (broad SMARTS) is 1. The zero-order chi connectivity index (χ0) is 19.4. The molecule has 0 aliphatic rings. The van der Waals surface area contributed by atoms with Crippen molar-refractivity contribution in [2.24, 2.45) is 0 Å². The van der Waals surface area contributed by atoms with Gasteiger partial charge in [0, 0.05) is 18.4 Å². The highest BCUT2D eigenvalue weighted by Crippen LogP contribution is 2.28. The van der Waals surface area contributed by atoms with Gasteiger partial charge in [-0.05, 0) is 30.2 Å². The van der Waals surface area contributed by atoms with Crippen LogP contribution in [0.25, 0.3) is 0 Å². The van der Waals surface area contributed by atoms with E-state index in [1.807, 2.05) is 0 Å². The zero-order valence-corrected chi connectivity index (χ0v) is 15.4. The molecule has 0 spiro atoms. The van der Waals surface area contributed by atoms with Crippen LogP contribution in [0.3, 0.4) is 0 Å². The summed E-state index contributed by atoms with van der Waals surface area (Å²) in [6, 6.07) is 14.4. The summed E-state index contributed by atoms with van der Waals surface area (Å²) in [7, 11) is -3.44. The number of sulfone groups is 1. The van der Waals surface area contributed by atoms with E-state index in [1.165, 1.54) is 24.3 Å². The Bertz CT molecular complexity index is 909. The molecule has 0 fully saturated rings. The highest BCUT2D eigenvalue weighted by molar-refractivity contribution is 7.90. The normalized spacial score (nSPS) is 13.6. The van der Waals surface area contributed by atoms with E-state index in [1.54, 1.807) is 37.3 Å². The SMILES string of the molecule is CCC(CNC(=O)c1cccc(S(C)(=O)=O)c1)(C(=O)O)c1ccccc1. The fourth-order valence-corrected chi connectivity index (χ4v) is 3.41. The number of carboxylic acids is 1. The number of nitrogens with one attached hydrogen (secondary N) is 1. The number of aliphatic carboxylic acids is 1. The number of benzene rings is 2. The molecular weight excluding hydrogens is 354 g/mol. The maximum absolute atomic E-state index is 12.4. The quantitative estimate of drug-likeness (QED) is 0.773. The van der Waals surface area contributed by atoms with Gasteiger partial charge in [-0.25, -0.2) is 8.42 Å². The van der Waals surface area contributed by atoms with Crippen LogP contribution in [0.15, 0.2) is 59.5 Å². The second-order valence-electron chi connectivity index (χ2n) is 6.09. The van der Waals surface area contributed by atoms with E-state index >= 15 is 0 Å². The molecule has 0 aliphatic carbocycles. The third kappa shape index (κ3) is 4.11. The lowest BCUT2D eigenvalue weighted by Gasteiger charge is -2.29. The van der Waals surface area contributed by atoms with Crippen LogP contribution in [-0.2, 0) is 20.0 Å². The van der Waals surface area contributed by atoms with Crippen LogP contribution in [0.1, 0.15) is 29.3 Å². The van der Waals surface area contributed by atoms with E-state index in [0.29, 0.717) is 5.56 Å². The fraction of sp³-hybridized carbons (Fsp3) is 0.263. The Balaban J connectivity index is 2.27. The summed E-state index contributed by atoms with van der Waals surface area (Å²) in [5, 5.41) is 12.4. The maximum Gasteiger partial charge on any atom is 0.315 e. The Hall–Kier alpha value is -2.67.